The van der Waals surface area contributed by atoms with Crippen molar-refractivity contribution in [2.24, 2.45) is 0 Å². The Kier molecular flexibility index (Phi) is 9.46. The summed E-state index contributed by atoms with van der Waals surface area (Å²) in [4.78, 5) is 11.5. The number of thiazole rings is 1. The third-order valence-corrected chi connectivity index (χ3v) is 10.5. The molecule has 7 rings (SSSR count). The van der Waals surface area contributed by atoms with Crippen LogP contribution >= 0.6 is 34.5 Å². The van der Waals surface area contributed by atoms with Crippen LogP contribution in [0.15, 0.2) is 78.6 Å². The van der Waals surface area contributed by atoms with Gasteiger partial charge in [0.2, 0.25) is 0 Å². The second-order valence-electron chi connectivity index (χ2n) is 13.3. The summed E-state index contributed by atoms with van der Waals surface area (Å²) in [6.45, 7) is 8.76. The summed E-state index contributed by atoms with van der Waals surface area (Å²) < 4.78 is 16.0. The van der Waals surface area contributed by atoms with Gasteiger partial charge in [0.15, 0.2) is 0 Å². The number of nitriles is 1. The number of piperidine rings is 1. The number of benzene rings is 3. The lowest BCUT2D eigenvalue weighted by Gasteiger charge is -2.40. The molecule has 9 nitrogen and oxygen atoms in total. The highest BCUT2D eigenvalue weighted by molar-refractivity contribution is 7.13. The van der Waals surface area contributed by atoms with Crippen molar-refractivity contribution in [2.75, 3.05) is 23.7 Å². The molecule has 1 saturated heterocycles. The van der Waals surface area contributed by atoms with Crippen molar-refractivity contribution in [1.29, 1.82) is 5.26 Å². The molecule has 1 aliphatic rings. The van der Waals surface area contributed by atoms with E-state index in [1.807, 2.05) is 40.5 Å². The highest BCUT2D eigenvalue weighted by Crippen LogP contribution is 2.38. The second kappa shape index (κ2) is 14.0. The smallest absolute Gasteiger partial charge is 0.141 e. The first kappa shape index (κ1) is 33.9. The Labute approximate surface area is 303 Å². The molecule has 0 spiro atoms. The van der Waals surface area contributed by atoms with Gasteiger partial charge < -0.3 is 10.6 Å². The average molecular weight is 727 g/mol. The van der Waals surface area contributed by atoms with Gasteiger partial charge in [0.05, 0.1) is 45.1 Å². The first-order valence-electron chi connectivity index (χ1n) is 16.2. The molecule has 2 N–H and O–H groups in total. The average Bonchev–Trinajstić information content (AvgIpc) is 3.83. The number of likely N-dealkylation sites (tertiary alicyclic amines) is 1. The Morgan fingerprint density at radius 3 is 2.54 bits per heavy atom. The maximum atomic E-state index is 13.9. The molecule has 3 aromatic heterocycles. The van der Waals surface area contributed by atoms with Crippen LogP contribution in [0.5, 0.6) is 0 Å². The zero-order chi connectivity index (χ0) is 35.0. The van der Waals surface area contributed by atoms with E-state index in [1.54, 1.807) is 23.6 Å². The van der Waals surface area contributed by atoms with Crippen LogP contribution in [0.1, 0.15) is 62.5 Å². The first-order valence-corrected chi connectivity index (χ1v) is 17.9. The van der Waals surface area contributed by atoms with Crippen LogP contribution in [0, 0.1) is 17.1 Å². The van der Waals surface area contributed by atoms with E-state index < -0.39 is 11.9 Å². The molecule has 1 aliphatic heterocycles. The monoisotopic (exact) mass is 725 g/mol. The lowest BCUT2D eigenvalue weighted by Crippen LogP contribution is -2.46. The summed E-state index contributed by atoms with van der Waals surface area (Å²) in [5.41, 5.74) is 5.29. The van der Waals surface area contributed by atoms with E-state index in [4.69, 9.17) is 28.3 Å². The number of nitrogens with zero attached hydrogens (tertiary/aromatic N) is 7. The van der Waals surface area contributed by atoms with Crippen LogP contribution in [-0.4, -0.2) is 48.5 Å². The number of hydrogen-bond donors (Lipinski definition) is 2. The van der Waals surface area contributed by atoms with Crippen molar-refractivity contribution in [3.63, 3.8) is 0 Å². The number of rotatable bonds is 8. The van der Waals surface area contributed by atoms with Crippen LogP contribution in [-0.2, 0) is 0 Å². The lowest BCUT2D eigenvalue weighted by molar-refractivity contribution is 0.0866. The molecule has 3 aromatic carbocycles. The minimum atomic E-state index is -0.538. The third kappa shape index (κ3) is 7.02. The number of pyridine rings is 1. The van der Waals surface area contributed by atoms with Crippen molar-refractivity contribution < 1.29 is 4.39 Å². The van der Waals surface area contributed by atoms with E-state index in [9.17, 15) is 9.65 Å². The second-order valence-corrected chi connectivity index (χ2v) is 15.0. The van der Waals surface area contributed by atoms with Gasteiger partial charge in [-0.05, 0) is 75.6 Å². The topological polar surface area (TPSA) is 108 Å². The predicted octanol–water partition coefficient (Wildman–Crippen LogP) is 9.65. The van der Waals surface area contributed by atoms with E-state index in [1.165, 1.54) is 18.3 Å². The van der Waals surface area contributed by atoms with Gasteiger partial charge in [0.1, 0.15) is 22.6 Å². The molecule has 0 bridgehead atoms. The number of fused-ring (bicyclic) bond motifs is 1. The van der Waals surface area contributed by atoms with E-state index in [-0.39, 0.29) is 16.6 Å². The maximum absolute atomic E-state index is 13.9. The standard InChI is InChI=1S/C37H34Cl2FN9S/c1-37(2,3)48-12-9-27(10-13-48)49-21-32(46-47-49)34(22-5-4-6-23(15-22)36-42-11-14-50-36)45-26-16-28-33(44-25-7-8-31(40)29(38)17-25)24(19-41)20-43-35(28)30(39)18-26/h4-8,11,14-18,20-21,27,34,45H,9-10,12-13H2,1-3H3,(H,43,44). The summed E-state index contributed by atoms with van der Waals surface area (Å²) in [6.07, 6.45) is 7.27. The minimum absolute atomic E-state index is 0.0390. The predicted molar refractivity (Wildman–Crippen MR) is 199 cm³/mol. The van der Waals surface area contributed by atoms with Gasteiger partial charge in [-0.1, -0.05) is 46.6 Å². The van der Waals surface area contributed by atoms with Gasteiger partial charge in [-0.15, -0.1) is 16.4 Å². The molecule has 0 saturated carbocycles. The zero-order valence-electron chi connectivity index (χ0n) is 27.7. The van der Waals surface area contributed by atoms with Gasteiger partial charge >= 0.3 is 0 Å². The Balaban J connectivity index is 1.27. The fraction of sp³-hybridized carbons (Fsp3) is 0.270. The normalized spacial score (nSPS) is 14.8. The van der Waals surface area contributed by atoms with E-state index >= 15 is 0 Å². The van der Waals surface area contributed by atoms with Gasteiger partial charge in [0.25, 0.3) is 0 Å². The fourth-order valence-electron chi connectivity index (χ4n) is 6.39. The SMILES string of the molecule is CC(C)(C)N1CCC(n2cc(C(Nc3cc(Cl)c4ncc(C#N)c(Nc5ccc(F)c(Cl)c5)c4c3)c3cccc(-c4nccs4)c3)nn2)CC1. The maximum Gasteiger partial charge on any atom is 0.141 e. The van der Waals surface area contributed by atoms with Crippen molar-refractivity contribution in [2.45, 2.75) is 51.2 Å². The number of nitrogens with one attached hydrogen (secondary N) is 2. The molecular formula is C37H34Cl2FN9S. The summed E-state index contributed by atoms with van der Waals surface area (Å²) >= 11 is 14.5. The molecule has 13 heteroatoms. The Morgan fingerprint density at radius 1 is 1.02 bits per heavy atom. The van der Waals surface area contributed by atoms with Crippen molar-refractivity contribution >= 4 is 62.5 Å². The molecule has 1 unspecified atom stereocenters. The molecule has 1 atom stereocenters. The minimum Gasteiger partial charge on any atom is -0.373 e. The number of hydrogen-bond acceptors (Lipinski definition) is 9. The molecule has 50 heavy (non-hydrogen) atoms. The van der Waals surface area contributed by atoms with E-state index in [2.05, 4.69) is 69.7 Å². The Hall–Kier alpha value is -4.60. The van der Waals surface area contributed by atoms with Gasteiger partial charge in [-0.2, -0.15) is 5.26 Å². The molecule has 254 valence electrons. The Morgan fingerprint density at radius 2 is 1.82 bits per heavy atom. The van der Waals surface area contributed by atoms with Gasteiger partial charge in [-0.3, -0.25) is 9.88 Å². The quantitative estimate of drug-likeness (QED) is 0.160. The molecule has 1 fully saturated rings. The highest BCUT2D eigenvalue weighted by atomic mass is 35.5. The van der Waals surface area contributed by atoms with Crippen molar-refractivity contribution in [3.8, 4) is 16.6 Å². The fourth-order valence-corrected chi connectivity index (χ4v) is 7.48. The lowest BCUT2D eigenvalue weighted by atomic mass is 9.98. The molecular weight excluding hydrogens is 692 g/mol. The van der Waals surface area contributed by atoms with Gasteiger partial charge in [0, 0.05) is 58.7 Å². The molecule has 4 heterocycles. The van der Waals surface area contributed by atoms with Crippen LogP contribution in [0.25, 0.3) is 21.5 Å². The summed E-state index contributed by atoms with van der Waals surface area (Å²) in [5.74, 6) is -0.538. The van der Waals surface area contributed by atoms with Crippen molar-refractivity contribution in [3.05, 3.63) is 111 Å². The third-order valence-electron chi connectivity index (χ3n) is 9.06. The van der Waals surface area contributed by atoms with Crippen LogP contribution in [0.4, 0.5) is 21.5 Å². The molecule has 0 radical (unpaired) electrons. The summed E-state index contributed by atoms with van der Waals surface area (Å²) in [7, 11) is 0. The van der Waals surface area contributed by atoms with Crippen LogP contribution in [0.2, 0.25) is 10.0 Å². The van der Waals surface area contributed by atoms with Crippen molar-refractivity contribution in [1.82, 2.24) is 29.9 Å². The summed E-state index contributed by atoms with van der Waals surface area (Å²) in [6, 6.07) is 18.3. The number of anilines is 3. The summed E-state index contributed by atoms with van der Waals surface area (Å²) in [5, 5.41) is 30.1. The van der Waals surface area contributed by atoms with Crippen LogP contribution in [0.3, 0.4) is 0 Å². The van der Waals surface area contributed by atoms with E-state index in [0.29, 0.717) is 38.6 Å². The largest absolute Gasteiger partial charge is 0.373 e. The number of halogens is 3. The number of aromatic nitrogens is 5. The first-order chi connectivity index (χ1) is 24.1. The molecule has 0 amide bonds. The van der Waals surface area contributed by atoms with Gasteiger partial charge in [-0.25, -0.2) is 14.1 Å². The van der Waals surface area contributed by atoms with E-state index in [0.717, 1.165) is 47.8 Å². The highest BCUT2D eigenvalue weighted by Gasteiger charge is 2.29. The molecule has 6 aromatic rings. The Bertz CT molecular complexity index is 2200. The van der Waals surface area contributed by atoms with Crippen LogP contribution < -0.4 is 10.6 Å². The molecule has 0 aliphatic carbocycles. The zero-order valence-corrected chi connectivity index (χ0v) is 30.0.